The first-order valence-electron chi connectivity index (χ1n) is 12.5. The van der Waals surface area contributed by atoms with Crippen LogP contribution in [0.15, 0.2) is 29.2 Å². The summed E-state index contributed by atoms with van der Waals surface area (Å²) in [6.45, 7) is 10.0. The second-order valence-corrected chi connectivity index (χ2v) is 12.3. The standard InChI is InChI=1S/C27H37NO8S/c1-6-8-17-34-21-9-11-22(12-10-21)37(31,32)20-27(24(30)33-7-2)13-15-28(16-14-27)23(29)26(5)18-35-25(3,4)36-19-26/h9-12H,7,13-20H2,1-5H3. The molecule has 0 unspecified atom stereocenters. The summed E-state index contributed by atoms with van der Waals surface area (Å²) in [5.41, 5.74) is -2.10. The second kappa shape index (κ2) is 11.4. The van der Waals surface area contributed by atoms with E-state index in [2.05, 4.69) is 11.8 Å². The van der Waals surface area contributed by atoms with E-state index in [4.69, 9.17) is 18.9 Å². The Hall–Kier alpha value is -2.61. The number of likely N-dealkylation sites (tertiary alicyclic amines) is 1. The van der Waals surface area contributed by atoms with Gasteiger partial charge in [-0.2, -0.15) is 0 Å². The van der Waals surface area contributed by atoms with Crippen molar-refractivity contribution in [2.45, 2.75) is 58.1 Å². The van der Waals surface area contributed by atoms with Gasteiger partial charge in [-0.3, -0.25) is 9.59 Å². The summed E-state index contributed by atoms with van der Waals surface area (Å²) >= 11 is 0. The van der Waals surface area contributed by atoms with Crippen LogP contribution in [-0.2, 0) is 33.6 Å². The summed E-state index contributed by atoms with van der Waals surface area (Å²) in [4.78, 5) is 28.2. The number of carbonyl (C=O) groups excluding carboxylic acids is 2. The summed E-state index contributed by atoms with van der Waals surface area (Å²) < 4.78 is 49.0. The molecule has 204 valence electrons. The number of hydrogen-bond acceptors (Lipinski definition) is 8. The number of rotatable bonds is 8. The monoisotopic (exact) mass is 535 g/mol. The predicted octanol–water partition coefficient (Wildman–Crippen LogP) is 2.82. The van der Waals surface area contributed by atoms with Gasteiger partial charge >= 0.3 is 5.97 Å². The van der Waals surface area contributed by atoms with E-state index in [-0.39, 0.29) is 63.2 Å². The minimum absolute atomic E-state index is 0.0928. The quantitative estimate of drug-likeness (QED) is 0.369. The lowest BCUT2D eigenvalue weighted by molar-refractivity contribution is -0.279. The van der Waals surface area contributed by atoms with E-state index in [1.54, 1.807) is 51.7 Å². The van der Waals surface area contributed by atoms with Crippen LogP contribution in [-0.4, -0.2) is 76.3 Å². The fraction of sp³-hybridized carbons (Fsp3) is 0.630. The van der Waals surface area contributed by atoms with Gasteiger partial charge in [-0.05, 0) is 71.7 Å². The molecule has 0 N–H and O–H groups in total. The maximum absolute atomic E-state index is 13.4. The molecule has 2 aliphatic rings. The average molecular weight is 536 g/mol. The van der Waals surface area contributed by atoms with Gasteiger partial charge in [0.15, 0.2) is 15.6 Å². The lowest BCUT2D eigenvalue weighted by Gasteiger charge is -2.45. The highest BCUT2D eigenvalue weighted by Gasteiger charge is 2.50. The number of carbonyl (C=O) groups is 2. The van der Waals surface area contributed by atoms with Crippen molar-refractivity contribution in [3.05, 3.63) is 24.3 Å². The number of ether oxygens (including phenoxy) is 4. The lowest BCUT2D eigenvalue weighted by Crippen LogP contribution is -2.57. The van der Waals surface area contributed by atoms with E-state index in [1.165, 1.54) is 12.1 Å². The maximum atomic E-state index is 13.4. The fourth-order valence-corrected chi connectivity index (χ4v) is 6.32. The van der Waals surface area contributed by atoms with Gasteiger partial charge < -0.3 is 23.8 Å². The molecule has 2 heterocycles. The third kappa shape index (κ3) is 6.83. The second-order valence-electron chi connectivity index (χ2n) is 10.3. The molecule has 1 aromatic carbocycles. The topological polar surface area (TPSA) is 108 Å². The van der Waals surface area contributed by atoms with E-state index in [9.17, 15) is 18.0 Å². The molecule has 0 spiro atoms. The Balaban J connectivity index is 1.74. The lowest BCUT2D eigenvalue weighted by atomic mass is 9.79. The molecule has 0 atom stereocenters. The van der Waals surface area contributed by atoms with E-state index in [0.717, 1.165) is 0 Å². The summed E-state index contributed by atoms with van der Waals surface area (Å²) in [7, 11) is -3.83. The van der Waals surface area contributed by atoms with Gasteiger partial charge in [0.25, 0.3) is 0 Å². The zero-order valence-corrected chi connectivity index (χ0v) is 23.1. The molecule has 1 aromatic rings. The van der Waals surface area contributed by atoms with Crippen molar-refractivity contribution in [2.24, 2.45) is 10.8 Å². The maximum Gasteiger partial charge on any atom is 0.313 e. The third-order valence-corrected chi connectivity index (χ3v) is 8.77. The molecule has 37 heavy (non-hydrogen) atoms. The highest BCUT2D eigenvalue weighted by Crippen LogP contribution is 2.39. The first kappa shape index (κ1) is 29.0. The van der Waals surface area contributed by atoms with Crippen molar-refractivity contribution >= 4 is 21.7 Å². The largest absolute Gasteiger partial charge is 0.481 e. The van der Waals surface area contributed by atoms with Gasteiger partial charge in [-0.1, -0.05) is 5.92 Å². The van der Waals surface area contributed by atoms with Gasteiger partial charge in [0.2, 0.25) is 5.91 Å². The van der Waals surface area contributed by atoms with Crippen molar-refractivity contribution in [1.82, 2.24) is 4.90 Å². The molecule has 0 bridgehead atoms. The number of sulfone groups is 1. The van der Waals surface area contributed by atoms with Gasteiger partial charge in [-0.25, -0.2) is 8.42 Å². The molecule has 1 amide bonds. The van der Waals surface area contributed by atoms with Crippen LogP contribution in [0.4, 0.5) is 0 Å². The normalized spacial score (nSPS) is 20.3. The van der Waals surface area contributed by atoms with Crippen LogP contribution in [0.5, 0.6) is 5.75 Å². The highest BCUT2D eigenvalue weighted by atomic mass is 32.2. The van der Waals surface area contributed by atoms with Crippen LogP contribution in [0.3, 0.4) is 0 Å². The first-order chi connectivity index (χ1) is 17.4. The molecule has 2 fully saturated rings. The predicted molar refractivity (Wildman–Crippen MR) is 136 cm³/mol. The summed E-state index contributed by atoms with van der Waals surface area (Å²) in [6, 6.07) is 6.07. The molecule has 0 radical (unpaired) electrons. The van der Waals surface area contributed by atoms with Crippen LogP contribution < -0.4 is 4.74 Å². The van der Waals surface area contributed by atoms with Crippen molar-refractivity contribution in [2.75, 3.05) is 45.3 Å². The number of benzene rings is 1. The molecule has 0 aliphatic carbocycles. The zero-order chi connectivity index (χ0) is 27.3. The Morgan fingerprint density at radius 3 is 2.19 bits per heavy atom. The van der Waals surface area contributed by atoms with E-state index in [1.807, 2.05) is 0 Å². The SMILES string of the molecule is CC#CCOc1ccc(S(=O)(=O)CC2(C(=O)OCC)CCN(C(=O)C3(C)COC(C)(C)OC3)CC2)cc1. The van der Waals surface area contributed by atoms with Crippen molar-refractivity contribution < 1.29 is 37.0 Å². The highest BCUT2D eigenvalue weighted by molar-refractivity contribution is 7.91. The van der Waals surface area contributed by atoms with E-state index < -0.39 is 38.2 Å². The summed E-state index contributed by atoms with van der Waals surface area (Å²) in [5, 5.41) is 0. The van der Waals surface area contributed by atoms with E-state index in [0.29, 0.717) is 5.75 Å². The van der Waals surface area contributed by atoms with Gasteiger partial charge in [-0.15, -0.1) is 5.92 Å². The molecule has 10 heteroatoms. The number of nitrogens with zero attached hydrogens (tertiary/aromatic N) is 1. The average Bonchev–Trinajstić information content (AvgIpc) is 2.86. The van der Waals surface area contributed by atoms with Gasteiger partial charge in [0.05, 0.1) is 41.3 Å². The third-order valence-electron chi connectivity index (χ3n) is 6.85. The molecule has 2 aliphatic heterocycles. The van der Waals surface area contributed by atoms with Gasteiger partial charge in [0, 0.05) is 13.1 Å². The van der Waals surface area contributed by atoms with Crippen LogP contribution >= 0.6 is 0 Å². The van der Waals surface area contributed by atoms with Gasteiger partial charge in [0.1, 0.15) is 12.4 Å². The van der Waals surface area contributed by atoms with E-state index >= 15 is 0 Å². The molecular weight excluding hydrogens is 498 g/mol. The number of hydrogen-bond donors (Lipinski definition) is 0. The van der Waals surface area contributed by atoms with Crippen LogP contribution in [0.25, 0.3) is 0 Å². The Labute approximate surface area is 219 Å². The molecule has 3 rings (SSSR count). The summed E-state index contributed by atoms with van der Waals surface area (Å²) in [5.74, 6) is 4.17. The molecular formula is C27H37NO8S. The van der Waals surface area contributed by atoms with Crippen molar-refractivity contribution in [3.8, 4) is 17.6 Å². The molecule has 9 nitrogen and oxygen atoms in total. The zero-order valence-electron chi connectivity index (χ0n) is 22.3. The molecule has 0 aromatic heterocycles. The fourth-order valence-electron chi connectivity index (χ4n) is 4.47. The minimum atomic E-state index is -3.83. The Kier molecular flexibility index (Phi) is 8.93. The van der Waals surface area contributed by atoms with Crippen LogP contribution in [0.2, 0.25) is 0 Å². The first-order valence-corrected chi connectivity index (χ1v) is 14.1. The number of amides is 1. The van der Waals surface area contributed by atoms with Crippen LogP contribution in [0, 0.1) is 22.7 Å². The minimum Gasteiger partial charge on any atom is -0.481 e. The van der Waals surface area contributed by atoms with Crippen molar-refractivity contribution in [1.29, 1.82) is 0 Å². The van der Waals surface area contributed by atoms with Crippen LogP contribution in [0.1, 0.15) is 47.5 Å². The number of esters is 1. The Morgan fingerprint density at radius 1 is 1.05 bits per heavy atom. The van der Waals surface area contributed by atoms with Crippen molar-refractivity contribution in [3.63, 3.8) is 0 Å². The smallest absolute Gasteiger partial charge is 0.313 e. The Bertz CT molecular complexity index is 1130. The molecule has 0 saturated carbocycles. The number of piperidine rings is 1. The Morgan fingerprint density at radius 2 is 1.65 bits per heavy atom. The summed E-state index contributed by atoms with van der Waals surface area (Å²) in [6.07, 6.45) is 0.355. The molecule has 2 saturated heterocycles.